The average molecular weight is 441 g/mol. The second-order valence-electron chi connectivity index (χ2n) is 6.73. The molecule has 7 nitrogen and oxygen atoms in total. The minimum atomic E-state index is -0.592. The van der Waals surface area contributed by atoms with Crippen LogP contribution in [0.4, 0.5) is 5.00 Å². The van der Waals surface area contributed by atoms with Crippen LogP contribution in [0.1, 0.15) is 38.9 Å². The molecule has 31 heavy (non-hydrogen) atoms. The predicted molar refractivity (Wildman–Crippen MR) is 121 cm³/mol. The van der Waals surface area contributed by atoms with Gasteiger partial charge >= 0.3 is 11.9 Å². The van der Waals surface area contributed by atoms with Gasteiger partial charge in [0.05, 0.1) is 12.2 Å². The molecule has 1 aromatic carbocycles. The number of ether oxygens (including phenoxy) is 2. The molecular weight excluding hydrogens is 416 g/mol. The van der Waals surface area contributed by atoms with Crippen LogP contribution in [0.2, 0.25) is 0 Å². The molecule has 0 atom stereocenters. The van der Waals surface area contributed by atoms with E-state index in [9.17, 15) is 14.4 Å². The van der Waals surface area contributed by atoms with Gasteiger partial charge in [-0.3, -0.25) is 4.79 Å². The van der Waals surface area contributed by atoms with Gasteiger partial charge in [0, 0.05) is 24.7 Å². The molecular formula is C23H24N2O5S. The number of hydrogen-bond donors (Lipinski definition) is 1. The van der Waals surface area contributed by atoms with Crippen LogP contribution in [-0.2, 0) is 20.8 Å². The number of aryl methyl sites for hydroxylation is 1. The van der Waals surface area contributed by atoms with E-state index in [0.29, 0.717) is 12.1 Å². The Kier molecular flexibility index (Phi) is 7.25. The van der Waals surface area contributed by atoms with Crippen LogP contribution in [-0.4, -0.2) is 35.6 Å². The summed E-state index contributed by atoms with van der Waals surface area (Å²) in [4.78, 5) is 37.7. The monoisotopic (exact) mass is 440 g/mol. The van der Waals surface area contributed by atoms with Crippen LogP contribution in [0.15, 0.2) is 49.2 Å². The Hall–Kier alpha value is -3.39. The fourth-order valence-corrected chi connectivity index (χ4v) is 4.30. The van der Waals surface area contributed by atoms with E-state index in [1.807, 2.05) is 41.1 Å². The Morgan fingerprint density at radius 1 is 1.16 bits per heavy atom. The van der Waals surface area contributed by atoms with Gasteiger partial charge in [-0.15, -0.1) is 11.3 Å². The van der Waals surface area contributed by atoms with Crippen LogP contribution >= 0.6 is 11.3 Å². The fraction of sp³-hybridized carbons (Fsp3) is 0.261. The van der Waals surface area contributed by atoms with Crippen LogP contribution in [0.25, 0.3) is 10.9 Å². The highest BCUT2D eigenvalue weighted by Crippen LogP contribution is 2.34. The van der Waals surface area contributed by atoms with Gasteiger partial charge in [-0.05, 0) is 36.9 Å². The van der Waals surface area contributed by atoms with E-state index in [4.69, 9.17) is 9.47 Å². The van der Waals surface area contributed by atoms with Crippen molar-refractivity contribution in [3.63, 3.8) is 0 Å². The van der Waals surface area contributed by atoms with E-state index < -0.39 is 11.9 Å². The number of amides is 1. The number of nitrogens with one attached hydrogen (secondary N) is 1. The summed E-state index contributed by atoms with van der Waals surface area (Å²) >= 11 is 1.00. The van der Waals surface area contributed by atoms with E-state index in [2.05, 4.69) is 11.9 Å². The first kappa shape index (κ1) is 22.3. The number of anilines is 1. The lowest BCUT2D eigenvalue weighted by Gasteiger charge is -2.08. The van der Waals surface area contributed by atoms with Gasteiger partial charge in [0.1, 0.15) is 16.5 Å². The number of thiophene rings is 1. The molecule has 0 radical (unpaired) electrons. The van der Waals surface area contributed by atoms with Crippen LogP contribution in [0.3, 0.4) is 0 Å². The molecule has 1 amide bonds. The standard InChI is InChI=1S/C23H24N2O5S/c1-4-14-30-23(28)20-15(3)19(22(27)29-5-2)21(31-20)24-18(26)11-13-25-12-10-16-8-6-7-9-17(16)25/h4,6-10,12H,1,5,11,13-14H2,2-3H3,(H,24,26). The summed E-state index contributed by atoms with van der Waals surface area (Å²) in [5.74, 6) is -1.44. The summed E-state index contributed by atoms with van der Waals surface area (Å²) in [7, 11) is 0. The van der Waals surface area contributed by atoms with Crippen molar-refractivity contribution in [3.8, 4) is 0 Å². The highest BCUT2D eigenvalue weighted by molar-refractivity contribution is 7.18. The summed E-state index contributed by atoms with van der Waals surface area (Å²) in [6, 6.07) is 9.92. The zero-order valence-corrected chi connectivity index (χ0v) is 18.3. The Morgan fingerprint density at radius 2 is 1.94 bits per heavy atom. The maximum Gasteiger partial charge on any atom is 0.348 e. The van der Waals surface area contributed by atoms with Gasteiger partial charge in [0.2, 0.25) is 5.91 Å². The van der Waals surface area contributed by atoms with Crippen molar-refractivity contribution in [2.24, 2.45) is 0 Å². The van der Waals surface area contributed by atoms with E-state index >= 15 is 0 Å². The molecule has 0 saturated heterocycles. The topological polar surface area (TPSA) is 86.6 Å². The second kappa shape index (κ2) is 10.1. The van der Waals surface area contributed by atoms with Crippen LogP contribution in [0.5, 0.6) is 0 Å². The van der Waals surface area contributed by atoms with Crippen molar-refractivity contribution in [2.75, 3.05) is 18.5 Å². The number of aromatic nitrogens is 1. The lowest BCUT2D eigenvalue weighted by Crippen LogP contribution is -2.16. The van der Waals surface area contributed by atoms with Gasteiger partial charge in [-0.1, -0.05) is 30.9 Å². The predicted octanol–water partition coefficient (Wildman–Crippen LogP) is 4.56. The van der Waals surface area contributed by atoms with E-state index in [1.54, 1.807) is 13.8 Å². The molecule has 1 N–H and O–H groups in total. The molecule has 2 aromatic heterocycles. The summed E-state index contributed by atoms with van der Waals surface area (Å²) in [5, 5.41) is 4.15. The Morgan fingerprint density at radius 3 is 2.68 bits per heavy atom. The number of fused-ring (bicyclic) bond motifs is 1. The fourth-order valence-electron chi connectivity index (χ4n) is 3.19. The van der Waals surface area contributed by atoms with E-state index in [0.717, 1.165) is 22.2 Å². The number of hydrogen-bond acceptors (Lipinski definition) is 6. The molecule has 0 unspecified atom stereocenters. The van der Waals surface area contributed by atoms with Gasteiger partial charge in [-0.2, -0.15) is 0 Å². The Bertz CT molecular complexity index is 1130. The molecule has 3 aromatic rings. The van der Waals surface area contributed by atoms with Gasteiger partial charge < -0.3 is 19.4 Å². The van der Waals surface area contributed by atoms with E-state index in [1.165, 1.54) is 6.08 Å². The average Bonchev–Trinajstić information content (AvgIpc) is 3.31. The third kappa shape index (κ3) is 5.03. The van der Waals surface area contributed by atoms with Crippen LogP contribution < -0.4 is 5.32 Å². The third-order valence-electron chi connectivity index (χ3n) is 4.66. The summed E-state index contributed by atoms with van der Waals surface area (Å²) in [6.45, 7) is 7.55. The lowest BCUT2D eigenvalue weighted by molar-refractivity contribution is -0.116. The quantitative estimate of drug-likeness (QED) is 0.389. The maximum absolute atomic E-state index is 12.6. The lowest BCUT2D eigenvalue weighted by atomic mass is 10.1. The normalized spacial score (nSPS) is 10.6. The van der Waals surface area contributed by atoms with Gasteiger partial charge in [-0.25, -0.2) is 9.59 Å². The first-order valence-corrected chi connectivity index (χ1v) is 10.7. The number of para-hydroxylation sites is 1. The third-order valence-corrected chi connectivity index (χ3v) is 5.84. The highest BCUT2D eigenvalue weighted by Gasteiger charge is 2.27. The second-order valence-corrected chi connectivity index (χ2v) is 7.75. The van der Waals surface area contributed by atoms with Crippen molar-refractivity contribution >= 4 is 45.1 Å². The molecule has 0 aliphatic carbocycles. The first-order valence-electron chi connectivity index (χ1n) is 9.88. The molecule has 0 aliphatic rings. The van der Waals surface area contributed by atoms with Crippen molar-refractivity contribution in [3.05, 3.63) is 65.2 Å². The Balaban J connectivity index is 1.78. The maximum atomic E-state index is 12.6. The number of benzene rings is 1. The van der Waals surface area contributed by atoms with Gasteiger partial charge in [0.25, 0.3) is 0 Å². The molecule has 0 fully saturated rings. The molecule has 0 bridgehead atoms. The number of carbonyl (C=O) groups excluding carboxylic acids is 3. The summed E-state index contributed by atoms with van der Waals surface area (Å²) in [5.41, 5.74) is 1.64. The molecule has 0 aliphatic heterocycles. The van der Waals surface area contributed by atoms with E-state index in [-0.39, 0.29) is 41.0 Å². The van der Waals surface area contributed by atoms with Crippen molar-refractivity contribution < 1.29 is 23.9 Å². The Labute approximate surface area is 184 Å². The minimum absolute atomic E-state index is 0.0530. The largest absolute Gasteiger partial charge is 0.462 e. The molecule has 2 heterocycles. The molecule has 3 rings (SSSR count). The molecule has 8 heteroatoms. The summed E-state index contributed by atoms with van der Waals surface area (Å²) in [6.07, 6.45) is 3.60. The smallest absolute Gasteiger partial charge is 0.348 e. The highest BCUT2D eigenvalue weighted by atomic mass is 32.1. The zero-order valence-electron chi connectivity index (χ0n) is 17.5. The minimum Gasteiger partial charge on any atom is -0.462 e. The number of nitrogens with zero attached hydrogens (tertiary/aromatic N) is 1. The number of esters is 2. The van der Waals surface area contributed by atoms with Gasteiger partial charge in [0.15, 0.2) is 0 Å². The molecule has 0 spiro atoms. The molecule has 162 valence electrons. The first-order chi connectivity index (χ1) is 15.0. The van der Waals surface area contributed by atoms with Crippen molar-refractivity contribution in [1.29, 1.82) is 0 Å². The summed E-state index contributed by atoms with van der Waals surface area (Å²) < 4.78 is 12.2. The van der Waals surface area contributed by atoms with Crippen molar-refractivity contribution in [2.45, 2.75) is 26.8 Å². The SMILES string of the molecule is C=CCOC(=O)c1sc(NC(=O)CCn2ccc3ccccc32)c(C(=O)OCC)c1C. The zero-order chi connectivity index (χ0) is 22.4. The number of carbonyl (C=O) groups is 3. The van der Waals surface area contributed by atoms with Crippen LogP contribution in [0, 0.1) is 6.92 Å². The number of rotatable bonds is 9. The molecule has 0 saturated carbocycles. The van der Waals surface area contributed by atoms with Crippen molar-refractivity contribution in [1.82, 2.24) is 4.57 Å².